The molecule has 0 radical (unpaired) electrons. The van der Waals surface area contributed by atoms with E-state index in [2.05, 4.69) is 25.9 Å². The van der Waals surface area contributed by atoms with Crippen molar-refractivity contribution < 1.29 is 5.11 Å². The van der Waals surface area contributed by atoms with E-state index < -0.39 is 6.10 Å². The summed E-state index contributed by atoms with van der Waals surface area (Å²) in [6, 6.07) is 9.59. The van der Waals surface area contributed by atoms with E-state index >= 15 is 0 Å². The van der Waals surface area contributed by atoms with E-state index in [9.17, 15) is 5.11 Å². The molecular weight excluding hydrogens is 282 g/mol. The Morgan fingerprint density at radius 3 is 2.88 bits per heavy atom. The third-order valence-electron chi connectivity index (χ3n) is 2.32. The second kappa shape index (κ2) is 5.35. The molecule has 2 rings (SSSR count). The maximum atomic E-state index is 9.60. The predicted molar refractivity (Wildman–Crippen MR) is 69.2 cm³/mol. The molecule has 3 N–H and O–H groups in total. The van der Waals surface area contributed by atoms with Gasteiger partial charge in [0.25, 0.3) is 0 Å². The van der Waals surface area contributed by atoms with Crippen LogP contribution in [0.3, 0.4) is 0 Å². The zero-order chi connectivity index (χ0) is 12.3. The van der Waals surface area contributed by atoms with Crippen LogP contribution in [0, 0.1) is 0 Å². The zero-order valence-electron chi connectivity index (χ0n) is 9.05. The molecule has 1 atom stereocenters. The van der Waals surface area contributed by atoms with Crippen LogP contribution in [0.15, 0.2) is 41.0 Å². The Hall–Kier alpha value is -1.30. The third kappa shape index (κ3) is 2.88. The summed E-state index contributed by atoms with van der Waals surface area (Å²) in [7, 11) is 0. The SMILES string of the molecule is NCC(O)c1nccc(-c2cccc(Br)c2)n1. The van der Waals surface area contributed by atoms with Gasteiger partial charge in [0.15, 0.2) is 5.82 Å². The van der Waals surface area contributed by atoms with Crippen LogP contribution >= 0.6 is 15.9 Å². The first-order chi connectivity index (χ1) is 8.20. The standard InChI is InChI=1S/C12H12BrN3O/c13-9-3-1-2-8(6-9)10-4-5-15-12(16-10)11(17)7-14/h1-6,11,17H,7,14H2. The van der Waals surface area contributed by atoms with Gasteiger partial charge in [0.05, 0.1) is 5.69 Å². The fraction of sp³-hybridized carbons (Fsp3) is 0.167. The van der Waals surface area contributed by atoms with Gasteiger partial charge < -0.3 is 10.8 Å². The Morgan fingerprint density at radius 1 is 1.35 bits per heavy atom. The first kappa shape index (κ1) is 12.2. The number of hydrogen-bond donors (Lipinski definition) is 2. The highest BCUT2D eigenvalue weighted by Gasteiger charge is 2.09. The van der Waals surface area contributed by atoms with Gasteiger partial charge in [-0.2, -0.15) is 0 Å². The molecule has 0 bridgehead atoms. The van der Waals surface area contributed by atoms with Crippen LogP contribution in [0.1, 0.15) is 11.9 Å². The monoisotopic (exact) mass is 293 g/mol. The minimum absolute atomic E-state index is 0.113. The quantitative estimate of drug-likeness (QED) is 0.907. The summed E-state index contributed by atoms with van der Waals surface area (Å²) in [6.07, 6.45) is 0.805. The van der Waals surface area contributed by atoms with Crippen molar-refractivity contribution in [2.24, 2.45) is 5.73 Å². The lowest BCUT2D eigenvalue weighted by molar-refractivity contribution is 0.176. The first-order valence-electron chi connectivity index (χ1n) is 5.17. The number of aliphatic hydroxyl groups is 1. The summed E-state index contributed by atoms with van der Waals surface area (Å²) in [5.41, 5.74) is 7.11. The van der Waals surface area contributed by atoms with Crippen LogP contribution in [-0.4, -0.2) is 21.6 Å². The molecule has 1 unspecified atom stereocenters. The Balaban J connectivity index is 2.39. The maximum absolute atomic E-state index is 9.60. The highest BCUT2D eigenvalue weighted by atomic mass is 79.9. The lowest BCUT2D eigenvalue weighted by Crippen LogP contribution is -2.14. The largest absolute Gasteiger partial charge is 0.384 e. The number of nitrogens with zero attached hydrogens (tertiary/aromatic N) is 2. The molecule has 4 nitrogen and oxygen atoms in total. The average Bonchev–Trinajstić information content (AvgIpc) is 2.38. The summed E-state index contributed by atoms with van der Waals surface area (Å²) >= 11 is 3.41. The normalized spacial score (nSPS) is 12.4. The molecule has 1 heterocycles. The highest BCUT2D eigenvalue weighted by Crippen LogP contribution is 2.21. The van der Waals surface area contributed by atoms with Crippen LogP contribution in [0.5, 0.6) is 0 Å². The molecule has 0 saturated heterocycles. The van der Waals surface area contributed by atoms with E-state index in [1.165, 1.54) is 0 Å². The van der Waals surface area contributed by atoms with Gasteiger partial charge in [0.1, 0.15) is 6.10 Å². The van der Waals surface area contributed by atoms with Crippen molar-refractivity contribution >= 4 is 15.9 Å². The molecule has 0 aliphatic rings. The Kier molecular flexibility index (Phi) is 3.83. The maximum Gasteiger partial charge on any atom is 0.158 e. The van der Waals surface area contributed by atoms with Crippen LogP contribution in [0.2, 0.25) is 0 Å². The molecule has 0 saturated carbocycles. The predicted octanol–water partition coefficient (Wildman–Crippen LogP) is 1.90. The van der Waals surface area contributed by atoms with E-state index in [0.29, 0.717) is 5.82 Å². The van der Waals surface area contributed by atoms with Crippen molar-refractivity contribution in [1.82, 2.24) is 9.97 Å². The molecular formula is C12H12BrN3O. The lowest BCUT2D eigenvalue weighted by Gasteiger charge is -2.08. The van der Waals surface area contributed by atoms with Gasteiger partial charge in [0.2, 0.25) is 0 Å². The fourth-order valence-electron chi connectivity index (χ4n) is 1.45. The van der Waals surface area contributed by atoms with Crippen molar-refractivity contribution in [3.8, 4) is 11.3 Å². The molecule has 0 aliphatic carbocycles. The lowest BCUT2D eigenvalue weighted by atomic mass is 10.1. The Morgan fingerprint density at radius 2 is 2.18 bits per heavy atom. The van der Waals surface area contributed by atoms with Crippen molar-refractivity contribution in [1.29, 1.82) is 0 Å². The van der Waals surface area contributed by atoms with Gasteiger partial charge in [-0.15, -0.1) is 0 Å². The second-order valence-corrected chi connectivity index (χ2v) is 4.48. The first-order valence-corrected chi connectivity index (χ1v) is 5.97. The number of aliphatic hydroxyl groups excluding tert-OH is 1. The molecule has 88 valence electrons. The van der Waals surface area contributed by atoms with Gasteiger partial charge in [-0.25, -0.2) is 9.97 Å². The van der Waals surface area contributed by atoms with Crippen molar-refractivity contribution in [3.63, 3.8) is 0 Å². The van der Waals surface area contributed by atoms with Crippen LogP contribution in [0.25, 0.3) is 11.3 Å². The van der Waals surface area contributed by atoms with Crippen LogP contribution < -0.4 is 5.73 Å². The minimum Gasteiger partial charge on any atom is -0.384 e. The van der Waals surface area contributed by atoms with Gasteiger partial charge in [-0.05, 0) is 18.2 Å². The smallest absolute Gasteiger partial charge is 0.158 e. The number of benzene rings is 1. The van der Waals surface area contributed by atoms with Gasteiger partial charge in [0, 0.05) is 22.8 Å². The minimum atomic E-state index is -0.817. The van der Waals surface area contributed by atoms with Gasteiger partial charge >= 0.3 is 0 Å². The molecule has 17 heavy (non-hydrogen) atoms. The molecule has 2 aromatic rings. The highest BCUT2D eigenvalue weighted by molar-refractivity contribution is 9.10. The topological polar surface area (TPSA) is 72.0 Å². The van der Waals surface area contributed by atoms with E-state index in [4.69, 9.17) is 5.73 Å². The fourth-order valence-corrected chi connectivity index (χ4v) is 1.85. The number of aromatic nitrogens is 2. The number of hydrogen-bond acceptors (Lipinski definition) is 4. The number of halogens is 1. The molecule has 0 amide bonds. The van der Waals surface area contributed by atoms with Gasteiger partial charge in [-0.1, -0.05) is 28.1 Å². The Labute approximate surface area is 108 Å². The number of rotatable bonds is 3. The molecule has 0 aliphatic heterocycles. The molecule has 0 fully saturated rings. The van der Waals surface area contributed by atoms with Crippen LogP contribution in [-0.2, 0) is 0 Å². The summed E-state index contributed by atoms with van der Waals surface area (Å²) in [4.78, 5) is 8.30. The summed E-state index contributed by atoms with van der Waals surface area (Å²) in [5, 5.41) is 9.60. The molecule has 1 aromatic heterocycles. The van der Waals surface area contributed by atoms with Crippen molar-refractivity contribution in [2.75, 3.05) is 6.54 Å². The zero-order valence-corrected chi connectivity index (χ0v) is 10.6. The molecule has 1 aromatic carbocycles. The van der Waals surface area contributed by atoms with E-state index in [-0.39, 0.29) is 6.54 Å². The summed E-state index contributed by atoms with van der Waals surface area (Å²) in [6.45, 7) is 0.113. The van der Waals surface area contributed by atoms with E-state index in [1.807, 2.05) is 24.3 Å². The average molecular weight is 294 g/mol. The van der Waals surface area contributed by atoms with E-state index in [1.54, 1.807) is 12.3 Å². The van der Waals surface area contributed by atoms with E-state index in [0.717, 1.165) is 15.7 Å². The summed E-state index contributed by atoms with van der Waals surface area (Å²) < 4.78 is 0.981. The van der Waals surface area contributed by atoms with Crippen molar-refractivity contribution in [2.45, 2.75) is 6.10 Å². The summed E-state index contributed by atoms with van der Waals surface area (Å²) in [5.74, 6) is 0.352. The third-order valence-corrected chi connectivity index (χ3v) is 2.81. The van der Waals surface area contributed by atoms with Crippen LogP contribution in [0.4, 0.5) is 0 Å². The number of nitrogens with two attached hydrogens (primary N) is 1. The second-order valence-electron chi connectivity index (χ2n) is 3.56. The van der Waals surface area contributed by atoms with Gasteiger partial charge in [-0.3, -0.25) is 0 Å². The molecule has 5 heteroatoms. The Bertz CT molecular complexity index is 519. The van der Waals surface area contributed by atoms with Crippen molar-refractivity contribution in [3.05, 3.63) is 46.8 Å². The molecule has 0 spiro atoms.